The molecule has 1 heterocycles. The summed E-state index contributed by atoms with van der Waals surface area (Å²) in [4.78, 5) is 9.21. The van der Waals surface area contributed by atoms with Crippen LogP contribution in [0, 0.1) is 5.92 Å². The zero-order chi connectivity index (χ0) is 14.1. The first-order valence-corrected chi connectivity index (χ1v) is 7.81. The minimum absolute atomic E-state index is 0. The van der Waals surface area contributed by atoms with Crippen LogP contribution < -0.4 is 5.32 Å². The van der Waals surface area contributed by atoms with E-state index in [1.807, 2.05) is 7.05 Å². The molecule has 1 aliphatic heterocycles. The van der Waals surface area contributed by atoms with E-state index >= 15 is 0 Å². The van der Waals surface area contributed by atoms with E-state index in [-0.39, 0.29) is 24.0 Å². The van der Waals surface area contributed by atoms with Gasteiger partial charge < -0.3 is 15.1 Å². The van der Waals surface area contributed by atoms with Gasteiger partial charge in [0.15, 0.2) is 5.96 Å². The van der Waals surface area contributed by atoms with Gasteiger partial charge in [-0.05, 0) is 38.8 Å². The highest BCUT2D eigenvalue weighted by Gasteiger charge is 2.18. The van der Waals surface area contributed by atoms with E-state index in [2.05, 4.69) is 41.0 Å². The van der Waals surface area contributed by atoms with E-state index < -0.39 is 0 Å². The maximum absolute atomic E-state index is 4.42. The molecule has 1 atom stereocenters. The van der Waals surface area contributed by atoms with Crippen LogP contribution in [0.5, 0.6) is 0 Å². The van der Waals surface area contributed by atoms with Crippen molar-refractivity contribution in [2.45, 2.75) is 39.5 Å². The Balaban J connectivity index is 0.00000361. The maximum Gasteiger partial charge on any atom is 0.193 e. The van der Waals surface area contributed by atoms with Crippen LogP contribution in [0.15, 0.2) is 4.99 Å². The maximum atomic E-state index is 4.42. The fraction of sp³-hybridized carbons (Fsp3) is 0.933. The molecule has 0 radical (unpaired) electrons. The van der Waals surface area contributed by atoms with Crippen LogP contribution in [0.3, 0.4) is 0 Å². The number of guanidine groups is 1. The topological polar surface area (TPSA) is 30.9 Å². The molecular formula is C15H33IN4. The predicted octanol–water partition coefficient (Wildman–Crippen LogP) is 2.64. The second-order valence-electron chi connectivity index (χ2n) is 5.82. The highest BCUT2D eigenvalue weighted by Crippen LogP contribution is 2.15. The molecule has 1 unspecified atom stereocenters. The fourth-order valence-electron chi connectivity index (χ4n) is 2.61. The van der Waals surface area contributed by atoms with Crippen molar-refractivity contribution < 1.29 is 0 Å². The van der Waals surface area contributed by atoms with Gasteiger partial charge in [-0.15, -0.1) is 24.0 Å². The summed E-state index contributed by atoms with van der Waals surface area (Å²) < 4.78 is 0. The molecule has 0 aromatic heterocycles. The Bertz CT molecular complexity index is 271. The lowest BCUT2D eigenvalue weighted by molar-refractivity contribution is 0.263. The summed E-state index contributed by atoms with van der Waals surface area (Å²) in [6, 6.07) is 0. The van der Waals surface area contributed by atoms with Gasteiger partial charge in [-0.3, -0.25) is 4.99 Å². The lowest BCUT2D eigenvalue weighted by atomic mass is 10.0. The van der Waals surface area contributed by atoms with E-state index in [9.17, 15) is 0 Å². The van der Waals surface area contributed by atoms with Gasteiger partial charge in [0.05, 0.1) is 0 Å². The normalized spacial score (nSPS) is 19.9. The average molecular weight is 396 g/mol. The number of rotatable bonds is 6. The Morgan fingerprint density at radius 2 is 2.15 bits per heavy atom. The van der Waals surface area contributed by atoms with Gasteiger partial charge in [0, 0.05) is 33.2 Å². The van der Waals surface area contributed by atoms with E-state index in [0.717, 1.165) is 38.1 Å². The molecule has 1 fully saturated rings. The summed E-state index contributed by atoms with van der Waals surface area (Å²) in [6.07, 6.45) is 5.20. The van der Waals surface area contributed by atoms with Crippen molar-refractivity contribution in [3.05, 3.63) is 0 Å². The zero-order valence-electron chi connectivity index (χ0n) is 13.7. The lowest BCUT2D eigenvalue weighted by Crippen LogP contribution is -2.47. The van der Waals surface area contributed by atoms with Gasteiger partial charge in [0.25, 0.3) is 0 Å². The molecule has 1 aliphatic rings. The Morgan fingerprint density at radius 1 is 1.40 bits per heavy atom. The van der Waals surface area contributed by atoms with Crippen molar-refractivity contribution in [2.75, 3.05) is 46.8 Å². The van der Waals surface area contributed by atoms with E-state index in [4.69, 9.17) is 0 Å². The molecule has 0 saturated carbocycles. The largest absolute Gasteiger partial charge is 0.355 e. The Kier molecular flexibility index (Phi) is 11.6. The molecule has 0 aromatic carbocycles. The second kappa shape index (κ2) is 11.6. The molecule has 0 spiro atoms. The van der Waals surface area contributed by atoms with Gasteiger partial charge in [0.1, 0.15) is 0 Å². The summed E-state index contributed by atoms with van der Waals surface area (Å²) in [5.74, 6) is 1.87. The van der Waals surface area contributed by atoms with Gasteiger partial charge in [0.2, 0.25) is 0 Å². The molecule has 0 bridgehead atoms. The molecule has 5 heteroatoms. The van der Waals surface area contributed by atoms with Crippen molar-refractivity contribution in [2.24, 2.45) is 10.9 Å². The van der Waals surface area contributed by atoms with Gasteiger partial charge in [-0.2, -0.15) is 0 Å². The molecule has 0 amide bonds. The fourth-order valence-corrected chi connectivity index (χ4v) is 2.61. The molecule has 4 nitrogen and oxygen atoms in total. The second-order valence-corrected chi connectivity index (χ2v) is 5.82. The molecule has 1 rings (SSSR count). The average Bonchev–Trinajstić information content (AvgIpc) is 2.41. The van der Waals surface area contributed by atoms with Gasteiger partial charge in [-0.1, -0.05) is 20.3 Å². The molecule has 1 N–H and O–H groups in total. The van der Waals surface area contributed by atoms with Crippen LogP contribution in [-0.4, -0.2) is 62.6 Å². The van der Waals surface area contributed by atoms with Crippen LogP contribution in [0.1, 0.15) is 39.5 Å². The SMILES string of the molecule is CCCCN(C)CCNC(=NC)N1CCCC(C)C1.I. The van der Waals surface area contributed by atoms with Crippen molar-refractivity contribution >= 4 is 29.9 Å². The third-order valence-electron chi connectivity index (χ3n) is 3.84. The number of nitrogens with zero attached hydrogens (tertiary/aromatic N) is 3. The Morgan fingerprint density at radius 3 is 2.75 bits per heavy atom. The minimum atomic E-state index is 0. The highest BCUT2D eigenvalue weighted by molar-refractivity contribution is 14.0. The molecule has 0 aliphatic carbocycles. The lowest BCUT2D eigenvalue weighted by Gasteiger charge is -2.33. The smallest absolute Gasteiger partial charge is 0.193 e. The number of hydrogen-bond acceptors (Lipinski definition) is 2. The molecule has 0 aromatic rings. The Hall–Kier alpha value is -0.0400. The molecule has 1 saturated heterocycles. The first-order valence-electron chi connectivity index (χ1n) is 7.81. The summed E-state index contributed by atoms with van der Waals surface area (Å²) in [7, 11) is 4.09. The first-order chi connectivity index (χ1) is 9.17. The van der Waals surface area contributed by atoms with Gasteiger partial charge >= 0.3 is 0 Å². The first kappa shape index (κ1) is 20.0. The molecular weight excluding hydrogens is 363 g/mol. The standard InChI is InChI=1S/C15H32N4.HI/c1-5-6-10-18(4)12-9-17-15(16-3)19-11-7-8-14(2)13-19;/h14H,5-13H2,1-4H3,(H,16,17);1H. The summed E-state index contributed by atoms with van der Waals surface area (Å²) >= 11 is 0. The number of aliphatic imine (C=N–C) groups is 1. The van der Waals surface area contributed by atoms with Crippen molar-refractivity contribution in [1.29, 1.82) is 0 Å². The number of hydrogen-bond donors (Lipinski definition) is 1. The van der Waals surface area contributed by atoms with Crippen molar-refractivity contribution in [3.63, 3.8) is 0 Å². The van der Waals surface area contributed by atoms with E-state index in [0.29, 0.717) is 0 Å². The van der Waals surface area contributed by atoms with E-state index in [1.54, 1.807) is 0 Å². The molecule has 20 heavy (non-hydrogen) atoms. The van der Waals surface area contributed by atoms with Crippen molar-refractivity contribution in [3.8, 4) is 0 Å². The van der Waals surface area contributed by atoms with Crippen molar-refractivity contribution in [1.82, 2.24) is 15.1 Å². The number of piperidine rings is 1. The third-order valence-corrected chi connectivity index (χ3v) is 3.84. The number of halogens is 1. The van der Waals surface area contributed by atoms with Gasteiger partial charge in [-0.25, -0.2) is 0 Å². The summed E-state index contributed by atoms with van der Waals surface area (Å²) in [6.45, 7) is 10.1. The molecule has 120 valence electrons. The zero-order valence-corrected chi connectivity index (χ0v) is 16.0. The number of nitrogens with one attached hydrogen (secondary N) is 1. The van der Waals surface area contributed by atoms with Crippen LogP contribution in [0.4, 0.5) is 0 Å². The summed E-state index contributed by atoms with van der Waals surface area (Å²) in [5, 5.41) is 3.50. The Labute approximate surface area is 142 Å². The number of likely N-dealkylation sites (N-methyl/N-ethyl adjacent to an activating group) is 1. The third kappa shape index (κ3) is 7.67. The van der Waals surface area contributed by atoms with Crippen LogP contribution in [0.2, 0.25) is 0 Å². The van der Waals surface area contributed by atoms with Crippen LogP contribution >= 0.6 is 24.0 Å². The minimum Gasteiger partial charge on any atom is -0.355 e. The quantitative estimate of drug-likeness (QED) is 0.426. The van der Waals surface area contributed by atoms with Crippen LogP contribution in [-0.2, 0) is 0 Å². The van der Waals surface area contributed by atoms with Crippen LogP contribution in [0.25, 0.3) is 0 Å². The summed E-state index contributed by atoms with van der Waals surface area (Å²) in [5.41, 5.74) is 0. The number of unbranched alkanes of at least 4 members (excludes halogenated alkanes) is 1. The monoisotopic (exact) mass is 396 g/mol. The predicted molar refractivity (Wildman–Crippen MR) is 99.2 cm³/mol. The number of likely N-dealkylation sites (tertiary alicyclic amines) is 1. The highest BCUT2D eigenvalue weighted by atomic mass is 127. The van der Waals surface area contributed by atoms with E-state index in [1.165, 1.54) is 32.2 Å².